The number of hydrogen-bond acceptors (Lipinski definition) is 0. The minimum Gasteiger partial charge on any atom is -1.00 e. The molecule has 6 heteroatoms. The number of rotatable bonds is 0. The fraction of sp³-hybridized carbons (Fsp3) is 0. The van der Waals surface area contributed by atoms with Crippen molar-refractivity contribution in [2.24, 2.45) is 0 Å². The van der Waals surface area contributed by atoms with Crippen molar-refractivity contribution in [1.82, 2.24) is 0 Å². The first-order valence-electron chi connectivity index (χ1n) is 0. The molecular weight excluding hydrogens is 254 g/mol. The second-order valence-corrected chi connectivity index (χ2v) is 0. The van der Waals surface area contributed by atoms with Crippen molar-refractivity contribution in [3.05, 3.63) is 0 Å². The first kappa shape index (κ1) is 87.9. The van der Waals surface area contributed by atoms with Gasteiger partial charge in [-0.2, -0.15) is 0 Å². The van der Waals surface area contributed by atoms with Crippen molar-refractivity contribution in [1.29, 1.82) is 0 Å². The molecule has 0 spiro atoms. The summed E-state index contributed by atoms with van der Waals surface area (Å²) in [6, 6.07) is 0. The molecule has 0 radical (unpaired) electrons. The molecule has 0 saturated carbocycles. The molecule has 0 aromatic heterocycles. The largest absolute Gasteiger partial charge is 2.00 e. The van der Waals surface area contributed by atoms with Crippen LogP contribution in [-0.2, 0) is 34.1 Å². The summed E-state index contributed by atoms with van der Waals surface area (Å²) < 4.78 is 0. The van der Waals surface area contributed by atoms with Crippen molar-refractivity contribution in [2.75, 3.05) is 0 Å². The molecule has 6 heavy (non-hydrogen) atoms. The average molecular weight is 254 g/mol. The van der Waals surface area contributed by atoms with Crippen molar-refractivity contribution in [3.63, 3.8) is 0 Å². The van der Waals surface area contributed by atoms with Gasteiger partial charge in [0.2, 0.25) is 0 Å². The van der Waals surface area contributed by atoms with Gasteiger partial charge >= 0.3 is 34.1 Å². The van der Waals surface area contributed by atoms with Gasteiger partial charge in [0, 0.05) is 0 Å². The first-order chi connectivity index (χ1) is 0. The molecule has 44 valence electrons. The Bertz CT molecular complexity index is 5.51. The van der Waals surface area contributed by atoms with E-state index in [1.165, 1.54) is 0 Å². The Morgan fingerprint density at radius 3 is 0.333 bits per heavy atom. The third-order valence-electron chi connectivity index (χ3n) is 0. The molecule has 0 aromatic carbocycles. The predicted molar refractivity (Wildman–Crippen MR) is 0 cm³/mol. The summed E-state index contributed by atoms with van der Waals surface area (Å²) in [7, 11) is 0. The summed E-state index contributed by atoms with van der Waals surface area (Å²) in [4.78, 5) is 0. The fourth-order valence-electron chi connectivity index (χ4n) is 0. The van der Waals surface area contributed by atoms with E-state index in [1.807, 2.05) is 0 Å². The van der Waals surface area contributed by atoms with E-state index in [-0.39, 0.29) is 83.8 Å². The van der Waals surface area contributed by atoms with E-state index >= 15 is 0 Å². The first-order valence-corrected chi connectivity index (χ1v) is 0. The van der Waals surface area contributed by atoms with Gasteiger partial charge < -0.3 is 49.6 Å². The van der Waals surface area contributed by atoms with E-state index in [4.69, 9.17) is 0 Å². The standard InChI is InChI=1S/4ClH.2Fe/h4*1H;;/q;;;;2*+2/p-4. The summed E-state index contributed by atoms with van der Waals surface area (Å²) >= 11 is 0. The van der Waals surface area contributed by atoms with Crippen LogP contribution in [0.4, 0.5) is 0 Å². The SMILES string of the molecule is [Cl-].[Cl-].[Cl-].[Cl-].[Fe+2].[Fe+2]. The van der Waals surface area contributed by atoms with Crippen LogP contribution in [0, 0.1) is 0 Å². The van der Waals surface area contributed by atoms with Crippen LogP contribution in [0.15, 0.2) is 0 Å². The Labute approximate surface area is 83.2 Å². The van der Waals surface area contributed by atoms with E-state index < -0.39 is 0 Å². The third kappa shape index (κ3) is 34.7. The second kappa shape index (κ2) is 57.2. The van der Waals surface area contributed by atoms with Gasteiger partial charge in [-0.25, -0.2) is 0 Å². The van der Waals surface area contributed by atoms with E-state index in [0.29, 0.717) is 0 Å². The van der Waals surface area contributed by atoms with Crippen molar-refractivity contribution >= 4 is 0 Å². The summed E-state index contributed by atoms with van der Waals surface area (Å²) in [6.45, 7) is 0. The quantitative estimate of drug-likeness (QED) is 0.376. The van der Waals surface area contributed by atoms with Gasteiger partial charge in [0.15, 0.2) is 0 Å². The molecule has 0 amide bonds. The minimum atomic E-state index is 0. The van der Waals surface area contributed by atoms with Crippen molar-refractivity contribution in [3.8, 4) is 0 Å². The second-order valence-electron chi connectivity index (χ2n) is 0. The molecule has 0 rings (SSSR count). The summed E-state index contributed by atoms with van der Waals surface area (Å²) in [5.74, 6) is 0. The van der Waals surface area contributed by atoms with Gasteiger partial charge in [0.25, 0.3) is 0 Å². The van der Waals surface area contributed by atoms with E-state index in [1.54, 1.807) is 0 Å². The Morgan fingerprint density at radius 1 is 0.333 bits per heavy atom. The Balaban J connectivity index is 0. The molecule has 0 bridgehead atoms. The summed E-state index contributed by atoms with van der Waals surface area (Å²) in [5, 5.41) is 0. The Morgan fingerprint density at radius 2 is 0.333 bits per heavy atom. The fourth-order valence-corrected chi connectivity index (χ4v) is 0. The van der Waals surface area contributed by atoms with Crippen LogP contribution in [0.2, 0.25) is 0 Å². The molecular formula is Cl4Fe2. The molecule has 0 N–H and O–H groups in total. The Hall–Kier alpha value is 2.20. The van der Waals surface area contributed by atoms with Crippen LogP contribution >= 0.6 is 0 Å². The van der Waals surface area contributed by atoms with E-state index in [2.05, 4.69) is 0 Å². The molecule has 0 fully saturated rings. The van der Waals surface area contributed by atoms with E-state index in [0.717, 1.165) is 0 Å². The molecule has 0 unspecified atom stereocenters. The molecule has 0 atom stereocenters. The van der Waals surface area contributed by atoms with Crippen LogP contribution in [0.1, 0.15) is 0 Å². The molecule has 0 aromatic rings. The molecule has 0 nitrogen and oxygen atoms in total. The smallest absolute Gasteiger partial charge is 1.00 e. The van der Waals surface area contributed by atoms with Gasteiger partial charge in [-0.05, 0) is 0 Å². The Kier molecular flexibility index (Phi) is 838. The molecule has 0 aliphatic heterocycles. The van der Waals surface area contributed by atoms with Gasteiger partial charge in [-0.15, -0.1) is 0 Å². The van der Waals surface area contributed by atoms with Crippen LogP contribution in [0.25, 0.3) is 0 Å². The van der Waals surface area contributed by atoms with Gasteiger partial charge in [-0.1, -0.05) is 0 Å². The van der Waals surface area contributed by atoms with Crippen LogP contribution in [-0.4, -0.2) is 0 Å². The zero-order valence-corrected chi connectivity index (χ0v) is 7.45. The molecule has 0 aliphatic carbocycles. The average Bonchev–Trinajstić information content (AvgIpc) is 0. The maximum Gasteiger partial charge on any atom is 2.00 e. The van der Waals surface area contributed by atoms with Crippen LogP contribution in [0.5, 0.6) is 0 Å². The predicted octanol–water partition coefficient (Wildman–Crippen LogP) is -12.0. The maximum atomic E-state index is 0. The zero-order valence-electron chi connectivity index (χ0n) is 2.22. The van der Waals surface area contributed by atoms with Gasteiger partial charge in [-0.3, -0.25) is 0 Å². The topological polar surface area (TPSA) is 0 Å². The van der Waals surface area contributed by atoms with Gasteiger partial charge in [0.1, 0.15) is 0 Å². The number of hydrogen-bond donors (Lipinski definition) is 0. The summed E-state index contributed by atoms with van der Waals surface area (Å²) in [6.07, 6.45) is 0. The minimum absolute atomic E-state index is 0. The monoisotopic (exact) mass is 252 g/mol. The summed E-state index contributed by atoms with van der Waals surface area (Å²) in [5.41, 5.74) is 0. The zero-order chi connectivity index (χ0) is 0. The normalized spacial score (nSPS) is 0. The molecule has 0 saturated heterocycles. The molecule has 0 heterocycles. The van der Waals surface area contributed by atoms with Crippen LogP contribution < -0.4 is 49.6 Å². The maximum absolute atomic E-state index is 0. The molecule has 0 aliphatic rings. The van der Waals surface area contributed by atoms with Crippen molar-refractivity contribution in [2.45, 2.75) is 0 Å². The van der Waals surface area contributed by atoms with Crippen LogP contribution in [0.3, 0.4) is 0 Å². The third-order valence-corrected chi connectivity index (χ3v) is 0. The number of halogens is 4. The van der Waals surface area contributed by atoms with Crippen molar-refractivity contribution < 1.29 is 83.8 Å². The van der Waals surface area contributed by atoms with E-state index in [9.17, 15) is 0 Å². The van der Waals surface area contributed by atoms with Gasteiger partial charge in [0.05, 0.1) is 0 Å².